The highest BCUT2D eigenvalue weighted by molar-refractivity contribution is 7.90. The maximum atomic E-state index is 13.4. The van der Waals surface area contributed by atoms with E-state index in [9.17, 15) is 13.2 Å². The fraction of sp³-hybridized carbons (Fsp3) is 0.276. The summed E-state index contributed by atoms with van der Waals surface area (Å²) in [4.78, 5) is 25.7. The number of likely N-dealkylation sites (tertiary alicyclic amines) is 1. The van der Waals surface area contributed by atoms with Gasteiger partial charge < -0.3 is 14.5 Å². The summed E-state index contributed by atoms with van der Waals surface area (Å²) < 4.78 is 33.6. The van der Waals surface area contributed by atoms with Crippen LogP contribution in [0.1, 0.15) is 24.0 Å². The zero-order valence-corrected chi connectivity index (χ0v) is 22.6. The topological polar surface area (TPSA) is 97.6 Å². The number of benzene rings is 2. The lowest BCUT2D eigenvalue weighted by atomic mass is 10.0. The predicted molar refractivity (Wildman–Crippen MR) is 150 cm³/mol. The Bertz CT molecular complexity index is 1570. The first-order valence-corrected chi connectivity index (χ1v) is 14.3. The number of aromatic nitrogens is 3. The van der Waals surface area contributed by atoms with Gasteiger partial charge in [-0.3, -0.25) is 0 Å². The monoisotopic (exact) mass is 545 g/mol. The average molecular weight is 546 g/mol. The highest BCUT2D eigenvalue weighted by Gasteiger charge is 2.31. The standard InChI is InChI=1S/C29H31N5O4S/c1-3-16-33(24-10-7-17-32(19-24)29(35)38-20-23-8-5-4-6-9-23)27-26-15-18-34(28(26)31-21-30-27)39(36,37)25-13-11-22(2)12-14-25/h3-6,8-9,11-15,18,21,24H,1,7,10,16-17,19-20H2,2H3/t24-/m1/s1. The van der Waals surface area contributed by atoms with Gasteiger partial charge >= 0.3 is 6.09 Å². The van der Waals surface area contributed by atoms with Crippen molar-refractivity contribution in [3.05, 3.63) is 97.0 Å². The molecular weight excluding hydrogens is 514 g/mol. The number of piperidine rings is 1. The molecular formula is C29H31N5O4S. The first kappa shape index (κ1) is 26.4. The molecule has 5 rings (SSSR count). The number of hydrogen-bond acceptors (Lipinski definition) is 7. The number of carbonyl (C=O) groups is 1. The van der Waals surface area contributed by atoms with Crippen molar-refractivity contribution in [3.8, 4) is 0 Å². The lowest BCUT2D eigenvalue weighted by Crippen LogP contribution is -2.50. The summed E-state index contributed by atoms with van der Waals surface area (Å²) in [5.41, 5.74) is 2.20. The molecule has 0 aliphatic carbocycles. The van der Waals surface area contributed by atoms with Crippen LogP contribution in [0.2, 0.25) is 0 Å². The Balaban J connectivity index is 1.40. The number of amides is 1. The number of aryl methyl sites for hydroxylation is 1. The molecule has 10 heteroatoms. The number of ether oxygens (including phenoxy) is 1. The largest absolute Gasteiger partial charge is 0.445 e. The molecule has 0 radical (unpaired) electrons. The van der Waals surface area contributed by atoms with Crippen molar-refractivity contribution in [1.82, 2.24) is 18.8 Å². The zero-order valence-electron chi connectivity index (χ0n) is 21.8. The minimum absolute atomic E-state index is 0.0591. The second-order valence-electron chi connectivity index (χ2n) is 9.59. The number of nitrogens with zero attached hydrogens (tertiary/aromatic N) is 5. The maximum absolute atomic E-state index is 13.4. The van der Waals surface area contributed by atoms with E-state index in [-0.39, 0.29) is 23.6 Å². The number of anilines is 1. The molecule has 0 bridgehead atoms. The molecule has 9 nitrogen and oxygen atoms in total. The predicted octanol–water partition coefficient (Wildman–Crippen LogP) is 4.77. The van der Waals surface area contributed by atoms with E-state index in [0.29, 0.717) is 36.5 Å². The summed E-state index contributed by atoms with van der Waals surface area (Å²) >= 11 is 0. The van der Waals surface area contributed by atoms with Gasteiger partial charge in [0.2, 0.25) is 0 Å². The molecule has 1 aliphatic heterocycles. The smallest absolute Gasteiger partial charge is 0.410 e. The van der Waals surface area contributed by atoms with Gasteiger partial charge in [0.25, 0.3) is 10.0 Å². The van der Waals surface area contributed by atoms with E-state index in [1.165, 1.54) is 16.5 Å². The number of fused-ring (bicyclic) bond motifs is 1. The molecule has 0 spiro atoms. The van der Waals surface area contributed by atoms with Gasteiger partial charge in [0.1, 0.15) is 18.8 Å². The first-order valence-electron chi connectivity index (χ1n) is 12.9. The molecule has 202 valence electrons. The Morgan fingerprint density at radius 3 is 2.64 bits per heavy atom. The molecule has 2 aromatic heterocycles. The Hall–Kier alpha value is -4.18. The Labute approximate surface area is 228 Å². The highest BCUT2D eigenvalue weighted by Crippen LogP contribution is 2.30. The van der Waals surface area contributed by atoms with Crippen molar-refractivity contribution in [3.63, 3.8) is 0 Å². The third kappa shape index (κ3) is 5.51. The van der Waals surface area contributed by atoms with Crippen molar-refractivity contribution in [2.75, 3.05) is 24.5 Å². The Morgan fingerprint density at radius 2 is 1.90 bits per heavy atom. The van der Waals surface area contributed by atoms with Crippen LogP contribution in [0, 0.1) is 6.92 Å². The first-order chi connectivity index (χ1) is 18.9. The normalized spacial score (nSPS) is 15.7. The molecule has 1 aliphatic rings. The van der Waals surface area contributed by atoms with Crippen molar-refractivity contribution >= 4 is 33.0 Å². The van der Waals surface area contributed by atoms with Gasteiger partial charge in [0, 0.05) is 31.9 Å². The quantitative estimate of drug-likeness (QED) is 0.294. The van der Waals surface area contributed by atoms with Gasteiger partial charge in [-0.05, 0) is 43.5 Å². The van der Waals surface area contributed by atoms with Crippen LogP contribution in [-0.4, -0.2) is 59.0 Å². The van der Waals surface area contributed by atoms with E-state index >= 15 is 0 Å². The van der Waals surface area contributed by atoms with Crippen molar-refractivity contribution < 1.29 is 17.9 Å². The molecule has 3 heterocycles. The summed E-state index contributed by atoms with van der Waals surface area (Å²) in [6.07, 6.45) is 5.95. The van der Waals surface area contributed by atoms with E-state index in [2.05, 4.69) is 21.4 Å². The molecule has 2 aromatic carbocycles. The van der Waals surface area contributed by atoms with Crippen LogP contribution in [0.5, 0.6) is 0 Å². The molecule has 1 fully saturated rings. The minimum Gasteiger partial charge on any atom is -0.445 e. The van der Waals surface area contributed by atoms with Gasteiger partial charge in [-0.25, -0.2) is 27.2 Å². The SMILES string of the molecule is C=CCN(c1ncnc2c1ccn2S(=O)(=O)c1ccc(C)cc1)[C@@H]1CCCN(C(=O)OCc2ccccc2)C1. The summed E-state index contributed by atoms with van der Waals surface area (Å²) in [5, 5.41) is 0.610. The molecule has 39 heavy (non-hydrogen) atoms. The van der Waals surface area contributed by atoms with Crippen LogP contribution in [0.25, 0.3) is 11.0 Å². The van der Waals surface area contributed by atoms with E-state index in [0.717, 1.165) is 24.0 Å². The maximum Gasteiger partial charge on any atom is 0.410 e. The van der Waals surface area contributed by atoms with Crippen molar-refractivity contribution in [2.45, 2.75) is 37.3 Å². The zero-order chi connectivity index (χ0) is 27.4. The third-order valence-electron chi connectivity index (χ3n) is 6.90. The minimum atomic E-state index is -3.85. The second kappa shape index (κ2) is 11.3. The van der Waals surface area contributed by atoms with Gasteiger partial charge in [0.05, 0.1) is 10.3 Å². The molecule has 1 amide bonds. The van der Waals surface area contributed by atoms with Crippen LogP contribution >= 0.6 is 0 Å². The Kier molecular flexibility index (Phi) is 7.65. The highest BCUT2D eigenvalue weighted by atomic mass is 32.2. The van der Waals surface area contributed by atoms with E-state index in [4.69, 9.17) is 4.74 Å². The van der Waals surface area contributed by atoms with Gasteiger partial charge in [0.15, 0.2) is 5.65 Å². The van der Waals surface area contributed by atoms with E-state index in [1.54, 1.807) is 41.3 Å². The van der Waals surface area contributed by atoms with Gasteiger partial charge in [-0.15, -0.1) is 6.58 Å². The fourth-order valence-electron chi connectivity index (χ4n) is 4.89. The van der Waals surface area contributed by atoms with E-state index in [1.807, 2.05) is 37.3 Å². The van der Waals surface area contributed by atoms with Crippen LogP contribution in [0.4, 0.5) is 10.6 Å². The van der Waals surface area contributed by atoms with Gasteiger partial charge in [-0.1, -0.05) is 54.1 Å². The lowest BCUT2D eigenvalue weighted by molar-refractivity contribution is 0.0857. The van der Waals surface area contributed by atoms with Crippen LogP contribution in [0.3, 0.4) is 0 Å². The lowest BCUT2D eigenvalue weighted by Gasteiger charge is -2.39. The van der Waals surface area contributed by atoms with Crippen molar-refractivity contribution in [2.24, 2.45) is 0 Å². The molecule has 1 atom stereocenters. The molecule has 0 saturated carbocycles. The number of carbonyl (C=O) groups excluding carboxylic acids is 1. The molecule has 0 N–H and O–H groups in total. The summed E-state index contributed by atoms with van der Waals surface area (Å²) in [6.45, 7) is 7.57. The third-order valence-corrected chi connectivity index (χ3v) is 8.58. The summed E-state index contributed by atoms with van der Waals surface area (Å²) in [7, 11) is -3.85. The van der Waals surface area contributed by atoms with Crippen LogP contribution in [0.15, 0.2) is 90.7 Å². The van der Waals surface area contributed by atoms with Crippen LogP contribution in [-0.2, 0) is 21.4 Å². The summed E-state index contributed by atoms with van der Waals surface area (Å²) in [6, 6.07) is 18.0. The number of hydrogen-bond donors (Lipinski definition) is 0. The van der Waals surface area contributed by atoms with Gasteiger partial charge in [-0.2, -0.15) is 0 Å². The fourth-order valence-corrected chi connectivity index (χ4v) is 6.20. The van der Waals surface area contributed by atoms with E-state index < -0.39 is 10.0 Å². The summed E-state index contributed by atoms with van der Waals surface area (Å²) in [5.74, 6) is 0.599. The molecule has 4 aromatic rings. The Morgan fingerprint density at radius 1 is 1.13 bits per heavy atom. The molecule has 0 unspecified atom stereocenters. The molecule has 1 saturated heterocycles. The number of rotatable bonds is 8. The van der Waals surface area contributed by atoms with Crippen molar-refractivity contribution in [1.29, 1.82) is 0 Å². The second-order valence-corrected chi connectivity index (χ2v) is 11.4. The van der Waals surface area contributed by atoms with Crippen LogP contribution < -0.4 is 4.90 Å². The average Bonchev–Trinajstić information content (AvgIpc) is 3.41.